The number of fused-ring (bicyclic) bond motifs is 1. The lowest BCUT2D eigenvalue weighted by Crippen LogP contribution is -2.28. The Kier molecular flexibility index (Phi) is 6.50. The van der Waals surface area contributed by atoms with Crippen LogP contribution in [0.15, 0.2) is 30.7 Å². The van der Waals surface area contributed by atoms with E-state index in [1.54, 1.807) is 36.1 Å². The number of rotatable bonds is 8. The molecule has 0 fully saturated rings. The summed E-state index contributed by atoms with van der Waals surface area (Å²) in [5, 5.41) is 16.5. The van der Waals surface area contributed by atoms with Gasteiger partial charge in [-0.1, -0.05) is 0 Å². The summed E-state index contributed by atoms with van der Waals surface area (Å²) in [6.45, 7) is 0.581. The molecule has 8 nitrogen and oxygen atoms in total. The molecule has 3 heterocycles. The summed E-state index contributed by atoms with van der Waals surface area (Å²) >= 11 is 0. The summed E-state index contributed by atoms with van der Waals surface area (Å²) in [5.41, 5.74) is 2.43. The molecule has 2 N–H and O–H groups in total. The predicted molar refractivity (Wildman–Crippen MR) is 101 cm³/mol. The van der Waals surface area contributed by atoms with E-state index >= 15 is 0 Å². The van der Waals surface area contributed by atoms with E-state index in [0.717, 1.165) is 5.56 Å². The first-order valence-corrected chi connectivity index (χ1v) is 9.09. The van der Waals surface area contributed by atoms with Crippen LogP contribution in [-0.2, 0) is 17.8 Å². The quantitative estimate of drug-likeness (QED) is 0.573. The van der Waals surface area contributed by atoms with E-state index in [1.165, 1.54) is 6.20 Å². The van der Waals surface area contributed by atoms with Crippen LogP contribution in [0.25, 0.3) is 10.9 Å². The molecule has 0 bridgehead atoms. The fraction of sp³-hybridized carbons (Fsp3) is 0.368. The molecule has 11 heteroatoms. The van der Waals surface area contributed by atoms with Crippen molar-refractivity contribution in [2.75, 3.05) is 19.8 Å². The Morgan fingerprint density at radius 3 is 2.83 bits per heavy atom. The monoisotopic (exact) mass is 423 g/mol. The fourth-order valence-electron chi connectivity index (χ4n) is 2.88. The number of amides is 1. The number of nitrogens with zero attached hydrogens (tertiary/aromatic N) is 4. The van der Waals surface area contributed by atoms with Crippen molar-refractivity contribution in [3.8, 4) is 5.88 Å². The number of aliphatic hydroxyl groups excluding tert-OH is 1. The van der Waals surface area contributed by atoms with Gasteiger partial charge in [-0.3, -0.25) is 14.5 Å². The Bertz CT molecular complexity index is 1040. The Labute approximate surface area is 169 Å². The first-order valence-electron chi connectivity index (χ1n) is 9.09. The van der Waals surface area contributed by atoms with Crippen LogP contribution in [0, 0.1) is 6.92 Å². The molecule has 30 heavy (non-hydrogen) atoms. The molecule has 0 spiro atoms. The summed E-state index contributed by atoms with van der Waals surface area (Å²) in [5.74, 6) is -0.326. The standard InChI is InChI=1S/C19H20F3N5O3/c1-12-6-13(8-25-18(12)30-11-19(20,21)22)9-27-10-14-15(26-27)2-3-23-16(14)7-17(29)24-4-5-28/h2-3,6,8,10,28H,4-5,7,9,11H2,1H3,(H,24,29). The second-order valence-electron chi connectivity index (χ2n) is 6.64. The number of halogens is 3. The molecule has 0 aliphatic heterocycles. The van der Waals surface area contributed by atoms with Crippen molar-refractivity contribution in [3.63, 3.8) is 0 Å². The minimum absolute atomic E-state index is 0.0505. The molecule has 0 aromatic carbocycles. The largest absolute Gasteiger partial charge is 0.468 e. The number of nitrogens with one attached hydrogen (secondary N) is 1. The van der Waals surface area contributed by atoms with Crippen LogP contribution < -0.4 is 10.1 Å². The van der Waals surface area contributed by atoms with Gasteiger partial charge >= 0.3 is 6.18 Å². The maximum atomic E-state index is 12.3. The normalized spacial score (nSPS) is 11.6. The number of carbonyl (C=O) groups is 1. The van der Waals surface area contributed by atoms with Crippen molar-refractivity contribution in [1.29, 1.82) is 0 Å². The highest BCUT2D eigenvalue weighted by atomic mass is 19.4. The van der Waals surface area contributed by atoms with Crippen molar-refractivity contribution in [2.45, 2.75) is 26.1 Å². The number of aromatic nitrogens is 4. The molecule has 0 atom stereocenters. The minimum atomic E-state index is -4.43. The SMILES string of the molecule is Cc1cc(Cn2cc3c(CC(=O)NCCO)nccc3n2)cnc1OCC(F)(F)F. The van der Waals surface area contributed by atoms with E-state index in [2.05, 4.69) is 20.4 Å². The highest BCUT2D eigenvalue weighted by Gasteiger charge is 2.29. The van der Waals surface area contributed by atoms with Crippen LogP contribution in [0.3, 0.4) is 0 Å². The van der Waals surface area contributed by atoms with Gasteiger partial charge < -0.3 is 15.2 Å². The van der Waals surface area contributed by atoms with Gasteiger partial charge in [-0.2, -0.15) is 18.3 Å². The van der Waals surface area contributed by atoms with E-state index in [9.17, 15) is 18.0 Å². The van der Waals surface area contributed by atoms with Gasteiger partial charge in [0.1, 0.15) is 0 Å². The van der Waals surface area contributed by atoms with Gasteiger partial charge in [-0.05, 0) is 24.6 Å². The zero-order valence-electron chi connectivity index (χ0n) is 16.1. The number of alkyl halides is 3. The van der Waals surface area contributed by atoms with Gasteiger partial charge in [0.15, 0.2) is 6.61 Å². The molecule has 0 aliphatic carbocycles. The average molecular weight is 423 g/mol. The highest BCUT2D eigenvalue weighted by Crippen LogP contribution is 2.21. The van der Waals surface area contributed by atoms with Crippen LogP contribution in [-0.4, -0.2) is 56.7 Å². The number of hydrogen-bond donors (Lipinski definition) is 2. The van der Waals surface area contributed by atoms with Crippen LogP contribution >= 0.6 is 0 Å². The second-order valence-corrected chi connectivity index (χ2v) is 6.64. The summed E-state index contributed by atoms with van der Waals surface area (Å²) in [6.07, 6.45) is 0.372. The van der Waals surface area contributed by atoms with Gasteiger partial charge in [0.05, 0.1) is 30.8 Å². The lowest BCUT2D eigenvalue weighted by atomic mass is 10.2. The number of carbonyl (C=O) groups excluding carboxylic acids is 1. The van der Waals surface area contributed by atoms with E-state index < -0.39 is 12.8 Å². The van der Waals surface area contributed by atoms with E-state index in [-0.39, 0.29) is 31.4 Å². The van der Waals surface area contributed by atoms with Crippen LogP contribution in [0.2, 0.25) is 0 Å². The first kappa shape index (κ1) is 21.5. The van der Waals surface area contributed by atoms with Crippen molar-refractivity contribution in [2.24, 2.45) is 0 Å². The molecule has 3 aromatic rings. The third-order valence-electron chi connectivity index (χ3n) is 4.13. The topological polar surface area (TPSA) is 102 Å². The number of aryl methyl sites for hydroxylation is 1. The van der Waals surface area contributed by atoms with Crippen LogP contribution in [0.1, 0.15) is 16.8 Å². The molecule has 160 valence electrons. The number of pyridine rings is 2. The smallest absolute Gasteiger partial charge is 0.422 e. The summed E-state index contributed by atoms with van der Waals surface area (Å²) in [7, 11) is 0. The van der Waals surface area contributed by atoms with Gasteiger partial charge in [0, 0.05) is 36.1 Å². The molecule has 0 radical (unpaired) electrons. The first-order chi connectivity index (χ1) is 14.2. The Hall–Kier alpha value is -3.21. The zero-order chi connectivity index (χ0) is 21.7. The summed E-state index contributed by atoms with van der Waals surface area (Å²) in [4.78, 5) is 20.1. The van der Waals surface area contributed by atoms with Crippen molar-refractivity contribution >= 4 is 16.8 Å². The summed E-state index contributed by atoms with van der Waals surface area (Å²) < 4.78 is 43.3. The third kappa shape index (κ3) is 5.66. The second kappa shape index (κ2) is 9.08. The average Bonchev–Trinajstić information content (AvgIpc) is 3.08. The van der Waals surface area contributed by atoms with Crippen LogP contribution in [0.4, 0.5) is 13.2 Å². The van der Waals surface area contributed by atoms with E-state index in [4.69, 9.17) is 9.84 Å². The zero-order valence-corrected chi connectivity index (χ0v) is 16.1. The van der Waals surface area contributed by atoms with Crippen LogP contribution in [0.5, 0.6) is 5.88 Å². The number of ether oxygens (including phenoxy) is 1. The number of hydrogen-bond acceptors (Lipinski definition) is 6. The molecule has 1 amide bonds. The molecule has 0 unspecified atom stereocenters. The van der Waals surface area contributed by atoms with E-state index in [0.29, 0.717) is 28.7 Å². The maximum Gasteiger partial charge on any atom is 0.422 e. The molecule has 0 saturated heterocycles. The molecule has 0 saturated carbocycles. The maximum absolute atomic E-state index is 12.3. The highest BCUT2D eigenvalue weighted by molar-refractivity contribution is 5.86. The number of aliphatic hydroxyl groups is 1. The lowest BCUT2D eigenvalue weighted by Gasteiger charge is -2.11. The molecule has 3 rings (SSSR count). The van der Waals surface area contributed by atoms with E-state index in [1.807, 2.05) is 0 Å². The van der Waals surface area contributed by atoms with Crippen molar-refractivity contribution in [3.05, 3.63) is 47.5 Å². The predicted octanol–water partition coefficient (Wildman–Crippen LogP) is 1.78. The van der Waals surface area contributed by atoms with Gasteiger partial charge in [0.25, 0.3) is 0 Å². The van der Waals surface area contributed by atoms with Crippen molar-refractivity contribution < 1.29 is 27.8 Å². The Morgan fingerprint density at radius 2 is 2.13 bits per heavy atom. The minimum Gasteiger partial charge on any atom is -0.468 e. The molecular formula is C19H20F3N5O3. The van der Waals surface area contributed by atoms with Gasteiger partial charge in [-0.15, -0.1) is 0 Å². The molecule has 0 aliphatic rings. The Balaban J connectivity index is 1.74. The molecular weight excluding hydrogens is 403 g/mol. The van der Waals surface area contributed by atoms with Crippen molar-refractivity contribution in [1.82, 2.24) is 25.1 Å². The third-order valence-corrected chi connectivity index (χ3v) is 4.13. The fourth-order valence-corrected chi connectivity index (χ4v) is 2.88. The van der Waals surface area contributed by atoms with Gasteiger partial charge in [-0.25, -0.2) is 4.98 Å². The lowest BCUT2D eigenvalue weighted by molar-refractivity contribution is -0.154. The summed E-state index contributed by atoms with van der Waals surface area (Å²) in [6, 6.07) is 3.41. The Morgan fingerprint density at radius 1 is 1.33 bits per heavy atom. The van der Waals surface area contributed by atoms with Gasteiger partial charge in [0.2, 0.25) is 11.8 Å². The molecule has 3 aromatic heterocycles.